The zero-order chi connectivity index (χ0) is 20.2. The van der Waals surface area contributed by atoms with Crippen LogP contribution in [0.25, 0.3) is 11.0 Å². The fourth-order valence-electron chi connectivity index (χ4n) is 3.20. The summed E-state index contributed by atoms with van der Waals surface area (Å²) in [7, 11) is 0. The Morgan fingerprint density at radius 3 is 2.41 bits per heavy atom. The Bertz CT molecular complexity index is 1090. The van der Waals surface area contributed by atoms with Gasteiger partial charge in [0.15, 0.2) is 5.16 Å². The summed E-state index contributed by atoms with van der Waals surface area (Å²) in [5.74, 6) is 0.831. The summed E-state index contributed by atoms with van der Waals surface area (Å²) in [5, 5.41) is 4.72. The van der Waals surface area contributed by atoms with Crippen molar-refractivity contribution >= 4 is 28.6 Å². The molecule has 0 bridgehead atoms. The summed E-state index contributed by atoms with van der Waals surface area (Å²) >= 11 is 1.33. The normalized spacial score (nSPS) is 12.1. The number of hydrogen-bond donors (Lipinski definition) is 1. The van der Waals surface area contributed by atoms with Crippen LogP contribution in [0.4, 0.5) is 0 Å². The number of nitrogens with zero attached hydrogens (tertiary/aromatic N) is 2. The molecule has 0 aliphatic heterocycles. The smallest absolute Gasteiger partial charge is 0.231 e. The number of furan rings is 1. The minimum absolute atomic E-state index is 0.105. The first-order chi connectivity index (χ1) is 14.1. The molecule has 4 aromatic rings. The average Bonchev–Trinajstić information content (AvgIpc) is 3.14. The Morgan fingerprint density at radius 2 is 1.69 bits per heavy atom. The highest BCUT2D eigenvalue weighted by Gasteiger charge is 2.21. The van der Waals surface area contributed by atoms with Crippen molar-refractivity contribution < 1.29 is 9.21 Å². The molecule has 1 amide bonds. The molecule has 146 valence electrons. The van der Waals surface area contributed by atoms with E-state index in [0.29, 0.717) is 10.9 Å². The first-order valence-electron chi connectivity index (χ1n) is 9.36. The molecule has 2 aromatic heterocycles. The first-order valence-corrected chi connectivity index (χ1v) is 10.3. The van der Waals surface area contributed by atoms with Crippen LogP contribution in [-0.2, 0) is 4.79 Å². The van der Waals surface area contributed by atoms with Gasteiger partial charge in [0.1, 0.15) is 17.4 Å². The largest absolute Gasteiger partial charge is 0.459 e. The number of para-hydroxylation sites is 1. The van der Waals surface area contributed by atoms with E-state index in [4.69, 9.17) is 4.42 Å². The van der Waals surface area contributed by atoms with Gasteiger partial charge in [-0.15, -0.1) is 0 Å². The lowest BCUT2D eigenvalue weighted by Crippen LogP contribution is -2.30. The Morgan fingerprint density at radius 1 is 1.00 bits per heavy atom. The van der Waals surface area contributed by atoms with E-state index in [2.05, 4.69) is 15.3 Å². The number of hydrogen-bond acceptors (Lipinski definition) is 5. The Labute approximate surface area is 173 Å². The van der Waals surface area contributed by atoms with Crippen molar-refractivity contribution in [1.82, 2.24) is 15.3 Å². The molecule has 29 heavy (non-hydrogen) atoms. The highest BCUT2D eigenvalue weighted by atomic mass is 32.2. The number of aryl methyl sites for hydroxylation is 2. The maximum absolute atomic E-state index is 12.7. The highest BCUT2D eigenvalue weighted by molar-refractivity contribution is 7.99. The van der Waals surface area contributed by atoms with Gasteiger partial charge in [-0.05, 0) is 37.6 Å². The van der Waals surface area contributed by atoms with E-state index in [1.54, 1.807) is 0 Å². The van der Waals surface area contributed by atoms with Crippen LogP contribution in [0.15, 0.2) is 76.3 Å². The summed E-state index contributed by atoms with van der Waals surface area (Å²) in [5.41, 5.74) is 3.55. The fraction of sp³-hybridized carbons (Fsp3) is 0.174. The first kappa shape index (κ1) is 19.2. The lowest BCUT2D eigenvalue weighted by molar-refractivity contribution is -0.119. The standard InChI is InChI=1S/C23H21N3O2S/c1-15-12-16(2)25-23(24-15)29-14-21(27)26-22(17-8-4-3-5-9-17)20-13-18-10-6-7-11-19(18)28-20/h3-13,22H,14H2,1-2H3,(H,26,27)/t22-/m0/s1. The SMILES string of the molecule is Cc1cc(C)nc(SCC(=O)N[C@@H](c2ccccc2)c2cc3ccccc3o2)n1. The second-order valence-electron chi connectivity index (χ2n) is 6.82. The van der Waals surface area contributed by atoms with Gasteiger partial charge >= 0.3 is 0 Å². The zero-order valence-electron chi connectivity index (χ0n) is 16.3. The van der Waals surface area contributed by atoms with Crippen LogP contribution in [0.2, 0.25) is 0 Å². The molecule has 0 aliphatic carbocycles. The van der Waals surface area contributed by atoms with E-state index in [1.807, 2.05) is 80.6 Å². The van der Waals surface area contributed by atoms with Crippen molar-refractivity contribution in [2.75, 3.05) is 5.75 Å². The van der Waals surface area contributed by atoms with Crippen molar-refractivity contribution in [2.24, 2.45) is 0 Å². The number of nitrogens with one attached hydrogen (secondary N) is 1. The van der Waals surface area contributed by atoms with Gasteiger partial charge in [0.2, 0.25) is 5.91 Å². The van der Waals surface area contributed by atoms with E-state index < -0.39 is 0 Å². The van der Waals surface area contributed by atoms with E-state index in [9.17, 15) is 4.79 Å². The van der Waals surface area contributed by atoms with Gasteiger partial charge in [0.05, 0.1) is 5.75 Å². The Hall–Kier alpha value is -3.12. The lowest BCUT2D eigenvalue weighted by Gasteiger charge is -2.17. The molecule has 2 aromatic carbocycles. The van der Waals surface area contributed by atoms with Crippen molar-refractivity contribution in [3.8, 4) is 0 Å². The van der Waals surface area contributed by atoms with Crippen LogP contribution in [0, 0.1) is 13.8 Å². The van der Waals surface area contributed by atoms with E-state index in [-0.39, 0.29) is 17.7 Å². The molecule has 1 atom stereocenters. The molecule has 5 nitrogen and oxygen atoms in total. The van der Waals surface area contributed by atoms with Gasteiger partial charge in [0, 0.05) is 16.8 Å². The molecule has 0 radical (unpaired) electrons. The second-order valence-corrected chi connectivity index (χ2v) is 7.76. The second kappa shape index (κ2) is 8.49. The number of thioether (sulfide) groups is 1. The summed E-state index contributed by atoms with van der Waals surface area (Å²) in [4.78, 5) is 21.5. The van der Waals surface area contributed by atoms with Crippen molar-refractivity contribution in [1.29, 1.82) is 0 Å². The van der Waals surface area contributed by atoms with Gasteiger partial charge < -0.3 is 9.73 Å². The van der Waals surface area contributed by atoms with E-state index in [1.165, 1.54) is 11.8 Å². The maximum atomic E-state index is 12.7. The third-order valence-electron chi connectivity index (χ3n) is 4.46. The van der Waals surface area contributed by atoms with Crippen LogP contribution in [0.1, 0.15) is 28.8 Å². The topological polar surface area (TPSA) is 68.0 Å². The van der Waals surface area contributed by atoms with Gasteiger partial charge in [-0.2, -0.15) is 0 Å². The quantitative estimate of drug-likeness (QED) is 0.369. The van der Waals surface area contributed by atoms with Gasteiger partial charge in [-0.25, -0.2) is 9.97 Å². The molecule has 0 aliphatic rings. The van der Waals surface area contributed by atoms with Crippen molar-refractivity contribution in [3.05, 3.63) is 89.4 Å². The monoisotopic (exact) mass is 403 g/mol. The van der Waals surface area contributed by atoms with E-state index >= 15 is 0 Å². The number of fused-ring (bicyclic) bond motifs is 1. The summed E-state index contributed by atoms with van der Waals surface area (Å²) in [6, 6.07) is 21.2. The predicted molar refractivity (Wildman–Crippen MR) is 115 cm³/mol. The Kier molecular flexibility index (Phi) is 5.62. The van der Waals surface area contributed by atoms with Gasteiger partial charge in [0.25, 0.3) is 0 Å². The van der Waals surface area contributed by atoms with Crippen LogP contribution in [0.3, 0.4) is 0 Å². The molecule has 0 saturated heterocycles. The summed E-state index contributed by atoms with van der Waals surface area (Å²) in [6.45, 7) is 3.84. The lowest BCUT2D eigenvalue weighted by atomic mass is 10.0. The molecule has 0 spiro atoms. The van der Waals surface area contributed by atoms with Gasteiger partial charge in [-0.1, -0.05) is 60.3 Å². The van der Waals surface area contributed by atoms with Crippen LogP contribution >= 0.6 is 11.8 Å². The number of benzene rings is 2. The molecule has 0 fully saturated rings. The molecular weight excluding hydrogens is 382 g/mol. The molecule has 2 heterocycles. The molecule has 6 heteroatoms. The minimum atomic E-state index is -0.364. The number of rotatable bonds is 6. The zero-order valence-corrected chi connectivity index (χ0v) is 17.1. The predicted octanol–water partition coefficient (Wildman–Crippen LogP) is 4.84. The average molecular weight is 404 g/mol. The number of carbonyl (C=O) groups excluding carboxylic acids is 1. The van der Waals surface area contributed by atoms with Crippen LogP contribution in [0.5, 0.6) is 0 Å². The molecule has 1 N–H and O–H groups in total. The molecule has 4 rings (SSSR count). The Balaban J connectivity index is 1.54. The molecular formula is C23H21N3O2S. The number of amides is 1. The summed E-state index contributed by atoms with van der Waals surface area (Å²) < 4.78 is 6.03. The molecule has 0 saturated carbocycles. The third-order valence-corrected chi connectivity index (χ3v) is 5.31. The van der Waals surface area contributed by atoms with Crippen LogP contribution in [-0.4, -0.2) is 21.6 Å². The maximum Gasteiger partial charge on any atom is 0.231 e. The minimum Gasteiger partial charge on any atom is -0.459 e. The molecule has 0 unspecified atom stereocenters. The summed E-state index contributed by atoms with van der Waals surface area (Å²) in [6.07, 6.45) is 0. The highest BCUT2D eigenvalue weighted by Crippen LogP contribution is 2.28. The van der Waals surface area contributed by atoms with Crippen molar-refractivity contribution in [3.63, 3.8) is 0 Å². The van der Waals surface area contributed by atoms with E-state index in [0.717, 1.165) is 27.9 Å². The fourth-order valence-corrected chi connectivity index (χ4v) is 3.96. The third kappa shape index (κ3) is 4.66. The number of aromatic nitrogens is 2. The number of carbonyl (C=O) groups is 1. The van der Waals surface area contributed by atoms with Crippen molar-refractivity contribution in [2.45, 2.75) is 25.0 Å². The van der Waals surface area contributed by atoms with Crippen LogP contribution < -0.4 is 5.32 Å². The van der Waals surface area contributed by atoms with Gasteiger partial charge in [-0.3, -0.25) is 4.79 Å².